The first kappa shape index (κ1) is 14.5. The molecule has 0 bridgehead atoms. The van der Waals surface area contributed by atoms with Gasteiger partial charge in [0.2, 0.25) is 0 Å². The fourth-order valence-corrected chi connectivity index (χ4v) is 2.70. The van der Waals surface area contributed by atoms with Gasteiger partial charge in [0.1, 0.15) is 5.00 Å². The van der Waals surface area contributed by atoms with Crippen molar-refractivity contribution >= 4 is 28.1 Å². The van der Waals surface area contributed by atoms with Gasteiger partial charge >= 0.3 is 0 Å². The van der Waals surface area contributed by atoms with Crippen molar-refractivity contribution in [1.29, 1.82) is 0 Å². The summed E-state index contributed by atoms with van der Waals surface area (Å²) in [5.74, 6) is 0.358. The molecule has 5 heteroatoms. The number of carbonyl (C=O) groups is 1. The zero-order valence-corrected chi connectivity index (χ0v) is 13.0. The molecule has 1 heterocycles. The number of nitrogens with one attached hydrogen (secondary N) is 2. The largest absolute Gasteiger partial charge is 0.378 e. The van der Waals surface area contributed by atoms with Crippen LogP contribution in [0.1, 0.15) is 41.4 Å². The maximum Gasteiger partial charge on any atom is 0.260 e. The van der Waals surface area contributed by atoms with E-state index >= 15 is 0 Å². The number of amides is 1. The Morgan fingerprint density at radius 2 is 1.90 bits per heavy atom. The highest BCUT2D eigenvalue weighted by Gasteiger charge is 2.17. The molecule has 0 saturated carbocycles. The highest BCUT2D eigenvalue weighted by molar-refractivity contribution is 7.10. The topological polar surface area (TPSA) is 54.0 Å². The highest BCUT2D eigenvalue weighted by Crippen LogP contribution is 2.25. The van der Waals surface area contributed by atoms with Crippen LogP contribution < -0.4 is 10.6 Å². The number of anilines is 2. The molecule has 2 rings (SSSR count). The minimum atomic E-state index is -0.127. The summed E-state index contributed by atoms with van der Waals surface area (Å²) in [6, 6.07) is 7.94. The van der Waals surface area contributed by atoms with Crippen LogP contribution in [0.2, 0.25) is 0 Å². The average molecular weight is 289 g/mol. The van der Waals surface area contributed by atoms with Gasteiger partial charge in [0.15, 0.2) is 0 Å². The second kappa shape index (κ2) is 6.05. The molecule has 0 fully saturated rings. The van der Waals surface area contributed by atoms with E-state index in [9.17, 15) is 4.79 Å². The van der Waals surface area contributed by atoms with Gasteiger partial charge in [-0.1, -0.05) is 26.0 Å². The Labute approximate surface area is 123 Å². The Hall–Kier alpha value is -1.88. The summed E-state index contributed by atoms with van der Waals surface area (Å²) in [4.78, 5) is 12.3. The monoisotopic (exact) mass is 289 g/mol. The first-order chi connectivity index (χ1) is 9.52. The first-order valence-corrected chi connectivity index (χ1v) is 7.35. The molecule has 4 nitrogen and oxygen atoms in total. The maximum atomic E-state index is 12.3. The predicted octanol–water partition coefficient (Wildman–Crippen LogP) is 3.87. The molecule has 1 aromatic carbocycles. The summed E-state index contributed by atoms with van der Waals surface area (Å²) in [5, 5.41) is 6.71. The van der Waals surface area contributed by atoms with E-state index < -0.39 is 0 Å². The molecule has 0 radical (unpaired) electrons. The number of hydrogen-bond donors (Lipinski definition) is 2. The molecule has 0 aliphatic rings. The molecule has 0 spiro atoms. The van der Waals surface area contributed by atoms with Crippen LogP contribution in [0, 0.1) is 6.92 Å². The van der Waals surface area contributed by atoms with Crippen LogP contribution in [0.15, 0.2) is 24.3 Å². The van der Waals surface area contributed by atoms with Gasteiger partial charge in [-0.15, -0.1) is 0 Å². The minimum Gasteiger partial charge on any atom is -0.378 e. The normalized spacial score (nSPS) is 10.7. The third kappa shape index (κ3) is 2.99. The number of aryl methyl sites for hydroxylation is 1. The van der Waals surface area contributed by atoms with E-state index in [2.05, 4.69) is 28.9 Å². The van der Waals surface area contributed by atoms with Crippen molar-refractivity contribution in [2.24, 2.45) is 0 Å². The fraction of sp³-hybridized carbons (Fsp3) is 0.333. The summed E-state index contributed by atoms with van der Waals surface area (Å²) in [6.45, 7) is 6.13. The molecule has 0 aliphatic carbocycles. The van der Waals surface area contributed by atoms with Gasteiger partial charge in [-0.25, -0.2) is 0 Å². The van der Waals surface area contributed by atoms with Gasteiger partial charge in [0.25, 0.3) is 5.91 Å². The van der Waals surface area contributed by atoms with E-state index in [1.165, 1.54) is 17.1 Å². The molecule has 2 aromatic rings. The third-order valence-electron chi connectivity index (χ3n) is 3.15. The number of aromatic nitrogens is 1. The van der Waals surface area contributed by atoms with E-state index in [0.29, 0.717) is 11.5 Å². The van der Waals surface area contributed by atoms with Crippen LogP contribution in [-0.4, -0.2) is 17.3 Å². The lowest BCUT2D eigenvalue weighted by atomic mass is 10.0. The van der Waals surface area contributed by atoms with Crippen molar-refractivity contribution in [3.8, 4) is 0 Å². The lowest BCUT2D eigenvalue weighted by molar-refractivity contribution is 0.102. The lowest BCUT2D eigenvalue weighted by Crippen LogP contribution is -2.14. The summed E-state index contributed by atoms with van der Waals surface area (Å²) in [5.41, 5.74) is 3.42. The molecular formula is C15H19N3OS. The summed E-state index contributed by atoms with van der Waals surface area (Å²) in [6.07, 6.45) is 0. The van der Waals surface area contributed by atoms with E-state index in [1.807, 2.05) is 31.2 Å². The SMILES string of the molecule is CNc1snc(C)c1C(=O)Nc1ccc(C(C)C)cc1. The second-order valence-corrected chi connectivity index (χ2v) is 5.73. The lowest BCUT2D eigenvalue weighted by Gasteiger charge is -2.09. The standard InChI is InChI=1S/C15H19N3OS/c1-9(2)11-5-7-12(8-6-11)17-14(19)13-10(3)18-20-15(13)16-4/h5-9,16H,1-4H3,(H,17,19). The van der Waals surface area contributed by atoms with Crippen LogP contribution in [0.5, 0.6) is 0 Å². The van der Waals surface area contributed by atoms with Crippen LogP contribution in [0.25, 0.3) is 0 Å². The van der Waals surface area contributed by atoms with Crippen LogP contribution in [0.4, 0.5) is 10.7 Å². The maximum absolute atomic E-state index is 12.3. The predicted molar refractivity (Wildman–Crippen MR) is 84.9 cm³/mol. The van der Waals surface area contributed by atoms with Crippen LogP contribution >= 0.6 is 11.5 Å². The summed E-state index contributed by atoms with van der Waals surface area (Å²) < 4.78 is 4.21. The number of nitrogens with zero attached hydrogens (tertiary/aromatic N) is 1. The molecule has 0 atom stereocenters. The van der Waals surface area contributed by atoms with Gasteiger partial charge in [0, 0.05) is 12.7 Å². The van der Waals surface area contributed by atoms with E-state index in [1.54, 1.807) is 7.05 Å². The Bertz CT molecular complexity index is 602. The number of benzene rings is 1. The van der Waals surface area contributed by atoms with Crippen molar-refractivity contribution in [2.45, 2.75) is 26.7 Å². The Morgan fingerprint density at radius 3 is 2.45 bits per heavy atom. The minimum absolute atomic E-state index is 0.127. The first-order valence-electron chi connectivity index (χ1n) is 6.58. The average Bonchev–Trinajstić information content (AvgIpc) is 2.80. The van der Waals surface area contributed by atoms with Gasteiger partial charge in [-0.3, -0.25) is 4.79 Å². The smallest absolute Gasteiger partial charge is 0.260 e. The number of carbonyl (C=O) groups excluding carboxylic acids is 1. The Morgan fingerprint density at radius 1 is 1.25 bits per heavy atom. The molecular weight excluding hydrogens is 270 g/mol. The van der Waals surface area contributed by atoms with E-state index in [0.717, 1.165) is 16.4 Å². The van der Waals surface area contributed by atoms with Crippen molar-refractivity contribution in [3.63, 3.8) is 0 Å². The molecule has 1 amide bonds. The molecule has 1 aromatic heterocycles. The second-order valence-electron chi connectivity index (χ2n) is 4.95. The van der Waals surface area contributed by atoms with Gasteiger partial charge in [0.05, 0.1) is 11.3 Å². The molecule has 2 N–H and O–H groups in total. The van der Waals surface area contributed by atoms with Crippen molar-refractivity contribution in [2.75, 3.05) is 17.7 Å². The van der Waals surface area contributed by atoms with Crippen LogP contribution in [0.3, 0.4) is 0 Å². The molecule has 0 aliphatic heterocycles. The molecule has 20 heavy (non-hydrogen) atoms. The molecule has 0 unspecified atom stereocenters. The number of hydrogen-bond acceptors (Lipinski definition) is 4. The number of rotatable bonds is 4. The van der Waals surface area contributed by atoms with Crippen molar-refractivity contribution in [3.05, 3.63) is 41.1 Å². The van der Waals surface area contributed by atoms with E-state index in [4.69, 9.17) is 0 Å². The summed E-state index contributed by atoms with van der Waals surface area (Å²) in [7, 11) is 1.79. The van der Waals surface area contributed by atoms with Crippen molar-refractivity contribution in [1.82, 2.24) is 4.37 Å². The third-order valence-corrected chi connectivity index (χ3v) is 4.11. The van der Waals surface area contributed by atoms with Crippen molar-refractivity contribution < 1.29 is 4.79 Å². The zero-order valence-electron chi connectivity index (χ0n) is 12.2. The van der Waals surface area contributed by atoms with E-state index in [-0.39, 0.29) is 5.91 Å². The quantitative estimate of drug-likeness (QED) is 0.898. The van der Waals surface area contributed by atoms with Gasteiger partial charge in [-0.05, 0) is 42.1 Å². The Balaban J connectivity index is 2.17. The van der Waals surface area contributed by atoms with Gasteiger partial charge < -0.3 is 10.6 Å². The molecule has 0 saturated heterocycles. The summed E-state index contributed by atoms with van der Waals surface area (Å²) >= 11 is 1.30. The zero-order chi connectivity index (χ0) is 14.7. The molecule has 106 valence electrons. The van der Waals surface area contributed by atoms with Crippen LogP contribution in [-0.2, 0) is 0 Å². The Kier molecular flexibility index (Phi) is 4.39. The fourth-order valence-electron chi connectivity index (χ4n) is 1.95. The highest BCUT2D eigenvalue weighted by atomic mass is 32.1. The van der Waals surface area contributed by atoms with Gasteiger partial charge in [-0.2, -0.15) is 4.37 Å².